The zero-order chi connectivity index (χ0) is 27.2. The number of rotatable bonds is 7. The van der Waals surface area contributed by atoms with E-state index in [0.29, 0.717) is 33.2 Å². The molecule has 2 N–H and O–H groups in total. The summed E-state index contributed by atoms with van der Waals surface area (Å²) in [6.07, 6.45) is 5.58. The summed E-state index contributed by atoms with van der Waals surface area (Å²) >= 11 is 6.45. The Morgan fingerprint density at radius 1 is 0.974 bits per heavy atom. The first-order valence-corrected chi connectivity index (χ1v) is 12.5. The fourth-order valence-corrected chi connectivity index (χ4v) is 4.40. The molecule has 0 unspecified atom stereocenters. The van der Waals surface area contributed by atoms with Crippen molar-refractivity contribution < 1.29 is 40.7 Å². The Morgan fingerprint density at radius 2 is 1.69 bits per heavy atom. The van der Waals surface area contributed by atoms with E-state index in [9.17, 15) is 9.59 Å². The van der Waals surface area contributed by atoms with E-state index >= 15 is 0 Å². The van der Waals surface area contributed by atoms with Crippen LogP contribution >= 0.6 is 11.6 Å². The van der Waals surface area contributed by atoms with Crippen LogP contribution in [0.15, 0.2) is 77.4 Å². The van der Waals surface area contributed by atoms with Crippen molar-refractivity contribution in [3.05, 3.63) is 106 Å². The molecule has 194 valence electrons. The molecule has 0 aliphatic heterocycles. The number of hydrogen-bond acceptors (Lipinski definition) is 4. The van der Waals surface area contributed by atoms with E-state index < -0.39 is 0 Å². The number of aromatic nitrogens is 1. The van der Waals surface area contributed by atoms with Gasteiger partial charge in [-0.25, -0.2) is 11.9 Å². The van der Waals surface area contributed by atoms with Gasteiger partial charge in [-0.05, 0) is 68.4 Å². The van der Waals surface area contributed by atoms with E-state index in [1.807, 2.05) is 44.2 Å². The number of nitrogens with zero attached hydrogens (tertiary/aromatic N) is 2. The molecular formula is C31H27ClN4O2U. The molecule has 4 aromatic rings. The van der Waals surface area contributed by atoms with Crippen LogP contribution in [0.5, 0.6) is 0 Å². The van der Waals surface area contributed by atoms with Gasteiger partial charge in [0.25, 0.3) is 5.91 Å². The van der Waals surface area contributed by atoms with Gasteiger partial charge >= 0.3 is 31.1 Å². The number of anilines is 1. The van der Waals surface area contributed by atoms with Crippen molar-refractivity contribution in [1.82, 2.24) is 10.3 Å². The van der Waals surface area contributed by atoms with Crippen LogP contribution in [0.4, 0.5) is 5.69 Å². The van der Waals surface area contributed by atoms with Crippen LogP contribution in [0.3, 0.4) is 0 Å². The number of pyridine rings is 1. The SMILES string of the molecule is C[C-]=NC(=[C-]C)CNC(=O)c1ccc(NC(=O)c2cc(-c3ccccc3Cl)nc3c(C)cc(C)cc23)cc1.[U+2]. The predicted octanol–water partition coefficient (Wildman–Crippen LogP) is 6.83. The largest absolute Gasteiger partial charge is 2.00 e. The fourth-order valence-electron chi connectivity index (χ4n) is 4.16. The van der Waals surface area contributed by atoms with Crippen LogP contribution < -0.4 is 10.6 Å². The molecule has 3 aromatic carbocycles. The second-order valence-electron chi connectivity index (χ2n) is 8.76. The third-order valence-electron chi connectivity index (χ3n) is 6.00. The van der Waals surface area contributed by atoms with Crippen molar-refractivity contribution in [2.45, 2.75) is 27.7 Å². The van der Waals surface area contributed by atoms with Crippen LogP contribution in [-0.2, 0) is 0 Å². The standard InChI is InChI=1S/C31H27ClN4O2.U/c1-5-22(33-6-2)18-34-30(37)21-11-13-23(14-12-21)35-31(38)26-17-28(24-9-7-8-10-27(24)32)36-29-20(4)15-19(3)16-25(26)29;/h7-17H,18H2,1-4H3,(H,34,37)(H,35,38);/q-2;+2. The van der Waals surface area contributed by atoms with Gasteiger partial charge in [0.05, 0.1) is 16.8 Å². The average molecular weight is 761 g/mol. The maximum Gasteiger partial charge on any atom is 2.00 e. The molecular weight excluding hydrogens is 734 g/mol. The van der Waals surface area contributed by atoms with Crippen molar-refractivity contribution in [3.63, 3.8) is 0 Å². The third kappa shape index (κ3) is 7.25. The van der Waals surface area contributed by atoms with Crippen LogP contribution in [0.2, 0.25) is 5.02 Å². The summed E-state index contributed by atoms with van der Waals surface area (Å²) in [4.78, 5) is 34.9. The molecule has 0 aliphatic carbocycles. The summed E-state index contributed by atoms with van der Waals surface area (Å²) in [5, 5.41) is 7.07. The number of allylic oxidation sites excluding steroid dienone is 1. The van der Waals surface area contributed by atoms with Gasteiger partial charge < -0.3 is 21.7 Å². The summed E-state index contributed by atoms with van der Waals surface area (Å²) < 4.78 is 0. The molecule has 39 heavy (non-hydrogen) atoms. The van der Waals surface area contributed by atoms with Gasteiger partial charge in [0.2, 0.25) is 5.91 Å². The molecule has 0 saturated carbocycles. The molecule has 6 nitrogen and oxygen atoms in total. The Morgan fingerprint density at radius 3 is 2.36 bits per heavy atom. The topological polar surface area (TPSA) is 83.5 Å². The molecule has 0 atom stereocenters. The molecule has 0 saturated heterocycles. The van der Waals surface area contributed by atoms with Gasteiger partial charge in [-0.3, -0.25) is 15.3 Å². The molecule has 0 fully saturated rings. The maximum absolute atomic E-state index is 13.5. The van der Waals surface area contributed by atoms with Crippen LogP contribution in [0.1, 0.15) is 45.7 Å². The zero-order valence-electron chi connectivity index (χ0n) is 22.1. The molecule has 2 amide bonds. The number of aryl methyl sites for hydroxylation is 2. The molecule has 1 aromatic heterocycles. The summed E-state index contributed by atoms with van der Waals surface area (Å²) in [5.41, 5.74) is 6.23. The van der Waals surface area contributed by atoms with E-state index in [-0.39, 0.29) is 49.5 Å². The Kier molecular flexibility index (Phi) is 10.7. The summed E-state index contributed by atoms with van der Waals surface area (Å²) in [5.74, 6) is -0.535. The first kappa shape index (κ1) is 30.3. The number of fused-ring (bicyclic) bond motifs is 1. The van der Waals surface area contributed by atoms with Gasteiger partial charge in [-0.15, -0.1) is 6.92 Å². The molecule has 0 bridgehead atoms. The molecule has 1 heterocycles. The second kappa shape index (κ2) is 13.7. The number of amides is 2. The Hall–Kier alpha value is -3.24. The summed E-state index contributed by atoms with van der Waals surface area (Å²) in [7, 11) is 0. The van der Waals surface area contributed by atoms with Crippen molar-refractivity contribution in [2.75, 3.05) is 11.9 Å². The number of carbonyl (C=O) groups is 2. The van der Waals surface area contributed by atoms with E-state index in [1.165, 1.54) is 0 Å². The van der Waals surface area contributed by atoms with E-state index in [1.54, 1.807) is 50.2 Å². The number of hydrogen-bond donors (Lipinski definition) is 2. The molecule has 4 rings (SSSR count). The minimum Gasteiger partial charge on any atom is -0.582 e. The predicted molar refractivity (Wildman–Crippen MR) is 154 cm³/mol. The number of benzene rings is 3. The molecule has 0 radical (unpaired) electrons. The van der Waals surface area contributed by atoms with Crippen LogP contribution in [0.25, 0.3) is 22.2 Å². The Bertz CT molecular complexity index is 1580. The third-order valence-corrected chi connectivity index (χ3v) is 6.33. The number of nitrogens with one attached hydrogen (secondary N) is 2. The summed E-state index contributed by atoms with van der Waals surface area (Å²) in [6, 6.07) is 19.9. The second-order valence-corrected chi connectivity index (χ2v) is 9.17. The smallest absolute Gasteiger partial charge is 0.582 e. The van der Waals surface area contributed by atoms with E-state index in [0.717, 1.165) is 27.6 Å². The van der Waals surface area contributed by atoms with Crippen molar-refractivity contribution in [1.29, 1.82) is 0 Å². The minimum absolute atomic E-state index is 0. The van der Waals surface area contributed by atoms with Crippen LogP contribution in [0, 0.1) is 51.0 Å². The van der Waals surface area contributed by atoms with Crippen molar-refractivity contribution in [3.8, 4) is 11.3 Å². The van der Waals surface area contributed by atoms with E-state index in [2.05, 4.69) is 27.9 Å². The molecule has 0 aliphatic rings. The Balaban J connectivity index is 0.00000420. The fraction of sp³-hybridized carbons (Fsp3) is 0.161. The van der Waals surface area contributed by atoms with Crippen molar-refractivity contribution >= 4 is 46.2 Å². The first-order valence-electron chi connectivity index (χ1n) is 12.1. The van der Waals surface area contributed by atoms with Gasteiger partial charge in [-0.2, -0.15) is 6.21 Å². The van der Waals surface area contributed by atoms with Crippen LogP contribution in [-0.4, -0.2) is 29.6 Å². The monoisotopic (exact) mass is 760 g/mol. The molecule has 8 heteroatoms. The number of halogens is 1. The normalized spacial score (nSPS) is 11.4. The first-order chi connectivity index (χ1) is 18.3. The average Bonchev–Trinajstić information content (AvgIpc) is 2.91. The Labute approximate surface area is 257 Å². The number of aliphatic imine (C=N–C) groups is 1. The zero-order valence-corrected chi connectivity index (χ0v) is 27.1. The quantitative estimate of drug-likeness (QED) is 0.160. The van der Waals surface area contributed by atoms with Gasteiger partial charge in [0.15, 0.2) is 0 Å². The minimum atomic E-state index is -0.283. The van der Waals surface area contributed by atoms with Gasteiger partial charge in [0, 0.05) is 27.2 Å². The van der Waals surface area contributed by atoms with Gasteiger partial charge in [-0.1, -0.05) is 41.4 Å². The molecule has 0 spiro atoms. The maximum atomic E-state index is 13.5. The van der Waals surface area contributed by atoms with Crippen molar-refractivity contribution in [2.24, 2.45) is 4.99 Å². The van der Waals surface area contributed by atoms with E-state index in [4.69, 9.17) is 16.6 Å². The summed E-state index contributed by atoms with van der Waals surface area (Å²) in [6.45, 7) is 7.63. The number of carbonyl (C=O) groups excluding carboxylic acids is 2. The van der Waals surface area contributed by atoms with Gasteiger partial charge in [0.1, 0.15) is 0 Å².